The topological polar surface area (TPSA) is 52.7 Å². The van der Waals surface area contributed by atoms with Crippen molar-refractivity contribution in [3.05, 3.63) is 77.0 Å². The highest BCUT2D eigenvalue weighted by molar-refractivity contribution is 6.11. The lowest BCUT2D eigenvalue weighted by Crippen LogP contribution is -2.45. The first-order valence-corrected chi connectivity index (χ1v) is 8.27. The van der Waals surface area contributed by atoms with Gasteiger partial charge in [0, 0.05) is 12.7 Å². The molecule has 4 rings (SSSR count). The van der Waals surface area contributed by atoms with Gasteiger partial charge in [-0.25, -0.2) is 4.79 Å². The molecule has 2 aromatic carbocycles. The quantitative estimate of drug-likeness (QED) is 0.918. The van der Waals surface area contributed by atoms with Crippen LogP contribution < -0.4 is 10.2 Å². The van der Waals surface area contributed by atoms with Crippen molar-refractivity contribution in [2.75, 3.05) is 18.5 Å². The number of likely N-dealkylation sites (N-methyl/N-ethyl adjacent to an activating group) is 1. The first-order valence-electron chi connectivity index (χ1n) is 8.27. The van der Waals surface area contributed by atoms with Crippen molar-refractivity contribution in [1.29, 1.82) is 0 Å². The van der Waals surface area contributed by atoms with Crippen molar-refractivity contribution in [3.63, 3.8) is 0 Å². The van der Waals surface area contributed by atoms with Gasteiger partial charge in [-0.05, 0) is 24.6 Å². The molecule has 1 atom stereocenters. The molecule has 5 heteroatoms. The molecule has 1 N–H and O–H groups in total. The smallest absolute Gasteiger partial charge is 0.322 e. The van der Waals surface area contributed by atoms with E-state index in [1.54, 1.807) is 16.8 Å². The molecule has 2 aliphatic heterocycles. The van der Waals surface area contributed by atoms with Crippen LogP contribution in [-0.2, 0) is 4.79 Å². The fourth-order valence-electron chi connectivity index (χ4n) is 3.40. The summed E-state index contributed by atoms with van der Waals surface area (Å²) in [6, 6.07) is 16.9. The lowest BCUT2D eigenvalue weighted by molar-refractivity contribution is -0.114. The molecule has 0 saturated heterocycles. The summed E-state index contributed by atoms with van der Waals surface area (Å²) in [5, 5.41) is 2.95. The van der Waals surface area contributed by atoms with E-state index in [1.807, 2.05) is 61.5 Å². The summed E-state index contributed by atoms with van der Waals surface area (Å²) < 4.78 is 0. The maximum Gasteiger partial charge on any atom is 0.322 e. The van der Waals surface area contributed by atoms with E-state index in [9.17, 15) is 9.59 Å². The number of amides is 3. The van der Waals surface area contributed by atoms with Crippen molar-refractivity contribution in [3.8, 4) is 0 Å². The summed E-state index contributed by atoms with van der Waals surface area (Å²) in [5.74, 6) is -0.0560. The van der Waals surface area contributed by atoms with Gasteiger partial charge < -0.3 is 10.2 Å². The number of nitrogens with zero attached hydrogens (tertiary/aromatic N) is 2. The maximum absolute atomic E-state index is 13.2. The molecule has 2 aliphatic rings. The Morgan fingerprint density at radius 1 is 1.00 bits per heavy atom. The predicted octanol–water partition coefficient (Wildman–Crippen LogP) is 2.99. The number of aryl methyl sites for hydroxylation is 1. The minimum absolute atomic E-state index is 0.0560. The second-order valence-electron chi connectivity index (χ2n) is 6.44. The van der Waals surface area contributed by atoms with Gasteiger partial charge in [-0.3, -0.25) is 9.69 Å². The summed E-state index contributed by atoms with van der Waals surface area (Å²) in [6.45, 7) is 2.42. The third-order valence-corrected chi connectivity index (χ3v) is 4.84. The standard InChI is InChI=1S/C20H19N3O2/c1-13-8-10-15(11-9-13)23-12-16-17(19(23)24)18(21-20(25)22(16)2)14-6-4-3-5-7-14/h3-11,18H,12H2,1-2H3,(H,21,25)/t18-/m0/s1. The van der Waals surface area contributed by atoms with Crippen molar-refractivity contribution < 1.29 is 9.59 Å². The average Bonchev–Trinajstić information content (AvgIpc) is 2.97. The molecule has 126 valence electrons. The van der Waals surface area contributed by atoms with Crippen molar-refractivity contribution >= 4 is 17.6 Å². The molecule has 2 aromatic rings. The Morgan fingerprint density at radius 3 is 2.36 bits per heavy atom. The largest absolute Gasteiger partial charge is 0.327 e. The van der Waals surface area contributed by atoms with E-state index in [1.165, 1.54) is 0 Å². The SMILES string of the molecule is Cc1ccc(N2CC3=C(C2=O)[C@H](c2ccccc2)NC(=O)N3C)cc1. The first-order chi connectivity index (χ1) is 12.1. The van der Waals surface area contributed by atoms with Crippen LogP contribution in [0.2, 0.25) is 0 Å². The second kappa shape index (κ2) is 5.77. The van der Waals surface area contributed by atoms with Crippen LogP contribution in [0, 0.1) is 6.92 Å². The van der Waals surface area contributed by atoms with Gasteiger partial charge >= 0.3 is 6.03 Å². The van der Waals surface area contributed by atoms with Gasteiger partial charge in [0.2, 0.25) is 0 Å². The number of carbonyl (C=O) groups excluding carboxylic acids is 2. The van der Waals surface area contributed by atoms with Crippen LogP contribution in [0.1, 0.15) is 17.2 Å². The van der Waals surface area contributed by atoms with E-state index < -0.39 is 6.04 Å². The van der Waals surface area contributed by atoms with Gasteiger partial charge in [-0.2, -0.15) is 0 Å². The number of benzene rings is 2. The number of rotatable bonds is 2. The third kappa shape index (κ3) is 2.48. The van der Waals surface area contributed by atoms with Crippen molar-refractivity contribution in [1.82, 2.24) is 10.2 Å². The van der Waals surface area contributed by atoms with E-state index in [0.29, 0.717) is 12.1 Å². The zero-order valence-electron chi connectivity index (χ0n) is 14.2. The van der Waals surface area contributed by atoms with Gasteiger partial charge in [-0.1, -0.05) is 48.0 Å². The number of anilines is 1. The molecule has 0 unspecified atom stereocenters. The fraction of sp³-hybridized carbons (Fsp3) is 0.200. The Labute approximate surface area is 146 Å². The zero-order valence-corrected chi connectivity index (χ0v) is 14.2. The lowest BCUT2D eigenvalue weighted by Gasteiger charge is -2.31. The van der Waals surface area contributed by atoms with Crippen molar-refractivity contribution in [2.45, 2.75) is 13.0 Å². The zero-order chi connectivity index (χ0) is 17.6. The van der Waals surface area contributed by atoms with Gasteiger partial charge in [-0.15, -0.1) is 0 Å². The predicted molar refractivity (Wildman–Crippen MR) is 96.0 cm³/mol. The average molecular weight is 333 g/mol. The van der Waals surface area contributed by atoms with Crippen LogP contribution in [0.3, 0.4) is 0 Å². The van der Waals surface area contributed by atoms with E-state index in [0.717, 1.165) is 22.5 Å². The summed E-state index contributed by atoms with van der Waals surface area (Å²) in [7, 11) is 1.71. The molecule has 5 nitrogen and oxygen atoms in total. The number of nitrogens with one attached hydrogen (secondary N) is 1. The minimum atomic E-state index is -0.414. The van der Waals surface area contributed by atoms with E-state index in [-0.39, 0.29) is 11.9 Å². The van der Waals surface area contributed by atoms with Gasteiger partial charge in [0.15, 0.2) is 0 Å². The number of carbonyl (C=O) groups is 2. The Bertz CT molecular complexity index is 872. The van der Waals surface area contributed by atoms with Crippen LogP contribution in [0.15, 0.2) is 65.9 Å². The summed E-state index contributed by atoms with van der Waals surface area (Å²) in [5.41, 5.74) is 4.31. The monoisotopic (exact) mass is 333 g/mol. The Hall–Kier alpha value is -3.08. The fourth-order valence-corrected chi connectivity index (χ4v) is 3.40. The first kappa shape index (κ1) is 15.4. The summed E-state index contributed by atoms with van der Waals surface area (Å²) in [6.07, 6.45) is 0. The molecule has 0 aromatic heterocycles. The molecule has 0 aliphatic carbocycles. The molecule has 0 fully saturated rings. The molecule has 3 amide bonds. The normalized spacial score (nSPS) is 20.0. The Morgan fingerprint density at radius 2 is 1.68 bits per heavy atom. The van der Waals surface area contributed by atoms with Gasteiger partial charge in [0.05, 0.1) is 23.9 Å². The summed E-state index contributed by atoms with van der Waals surface area (Å²) in [4.78, 5) is 28.8. The van der Waals surface area contributed by atoms with Gasteiger partial charge in [0.25, 0.3) is 5.91 Å². The Kier molecular flexibility index (Phi) is 3.57. The van der Waals surface area contributed by atoms with Crippen LogP contribution >= 0.6 is 0 Å². The number of hydrogen-bond donors (Lipinski definition) is 1. The lowest BCUT2D eigenvalue weighted by atomic mass is 9.96. The number of hydrogen-bond acceptors (Lipinski definition) is 2. The Balaban J connectivity index is 1.76. The van der Waals surface area contributed by atoms with E-state index >= 15 is 0 Å². The highest BCUT2D eigenvalue weighted by Crippen LogP contribution is 2.37. The van der Waals surface area contributed by atoms with Crippen LogP contribution in [-0.4, -0.2) is 30.4 Å². The van der Waals surface area contributed by atoms with E-state index in [2.05, 4.69) is 5.32 Å². The molecular formula is C20H19N3O2. The van der Waals surface area contributed by atoms with E-state index in [4.69, 9.17) is 0 Å². The molecule has 0 radical (unpaired) electrons. The van der Waals surface area contributed by atoms with Crippen LogP contribution in [0.25, 0.3) is 0 Å². The second-order valence-corrected chi connectivity index (χ2v) is 6.44. The highest BCUT2D eigenvalue weighted by Gasteiger charge is 2.43. The maximum atomic E-state index is 13.2. The molecule has 25 heavy (non-hydrogen) atoms. The molecule has 0 bridgehead atoms. The number of urea groups is 1. The van der Waals surface area contributed by atoms with Crippen LogP contribution in [0.4, 0.5) is 10.5 Å². The van der Waals surface area contributed by atoms with Crippen molar-refractivity contribution in [2.24, 2.45) is 0 Å². The molecular weight excluding hydrogens is 314 g/mol. The third-order valence-electron chi connectivity index (χ3n) is 4.84. The highest BCUT2D eigenvalue weighted by atomic mass is 16.2. The molecule has 0 spiro atoms. The van der Waals surface area contributed by atoms with Crippen LogP contribution in [0.5, 0.6) is 0 Å². The summed E-state index contributed by atoms with van der Waals surface area (Å²) >= 11 is 0. The van der Waals surface area contributed by atoms with Gasteiger partial charge in [0.1, 0.15) is 0 Å². The molecule has 2 heterocycles. The minimum Gasteiger partial charge on any atom is -0.327 e. The molecule has 0 saturated carbocycles.